The molecule has 140 valence electrons. The molecule has 2 rings (SSSR count). The number of nitrogens with zero attached hydrogens (tertiary/aromatic N) is 1. The van der Waals surface area contributed by atoms with Crippen molar-refractivity contribution in [3.05, 3.63) is 54.1 Å². The zero-order valence-corrected chi connectivity index (χ0v) is 15.4. The average molecular weight is 367 g/mol. The molecule has 0 unspecified atom stereocenters. The number of benzene rings is 2. The summed E-state index contributed by atoms with van der Waals surface area (Å²) in [6, 6.07) is 13.2. The van der Waals surface area contributed by atoms with E-state index in [-0.39, 0.29) is 30.0 Å². The Kier molecular flexibility index (Phi) is 6.43. The van der Waals surface area contributed by atoms with Gasteiger partial charge in [0.2, 0.25) is 17.7 Å². The van der Waals surface area contributed by atoms with E-state index in [0.717, 1.165) is 0 Å². The Morgan fingerprint density at radius 3 is 1.96 bits per heavy atom. The third-order valence-corrected chi connectivity index (χ3v) is 3.73. The standard InChI is InChI=1S/C20H21N3O4/c1-13(24)16-7-9-19(10-8-16)23(15(3)26)12-20(27)22-18-6-4-5-17(11-18)21-14(2)25/h4-11H,12H2,1-3H3,(H,21,25)(H,22,27). The smallest absolute Gasteiger partial charge is 0.244 e. The number of anilines is 3. The van der Waals surface area contributed by atoms with Crippen LogP contribution in [0.1, 0.15) is 31.1 Å². The Bertz CT molecular complexity index is 875. The summed E-state index contributed by atoms with van der Waals surface area (Å²) in [5, 5.41) is 5.34. The molecular formula is C20H21N3O4. The van der Waals surface area contributed by atoms with E-state index >= 15 is 0 Å². The minimum atomic E-state index is -0.388. The molecule has 0 bridgehead atoms. The highest BCUT2D eigenvalue weighted by atomic mass is 16.2. The Balaban J connectivity index is 2.10. The highest BCUT2D eigenvalue weighted by Gasteiger charge is 2.16. The van der Waals surface area contributed by atoms with Crippen molar-refractivity contribution in [1.82, 2.24) is 0 Å². The molecule has 27 heavy (non-hydrogen) atoms. The first kappa shape index (κ1) is 19.8. The number of rotatable bonds is 6. The van der Waals surface area contributed by atoms with Crippen molar-refractivity contribution in [2.45, 2.75) is 20.8 Å². The molecule has 0 aliphatic heterocycles. The summed E-state index contributed by atoms with van der Waals surface area (Å²) < 4.78 is 0. The Hall–Kier alpha value is -3.48. The zero-order valence-electron chi connectivity index (χ0n) is 15.4. The van der Waals surface area contributed by atoms with Crippen LogP contribution in [0.15, 0.2) is 48.5 Å². The highest BCUT2D eigenvalue weighted by Crippen LogP contribution is 2.18. The maximum absolute atomic E-state index is 12.4. The third kappa shape index (κ3) is 5.78. The molecule has 0 spiro atoms. The van der Waals surface area contributed by atoms with E-state index in [2.05, 4.69) is 10.6 Å². The van der Waals surface area contributed by atoms with Crippen LogP contribution in [0, 0.1) is 0 Å². The average Bonchev–Trinajstić information content (AvgIpc) is 2.59. The maximum atomic E-state index is 12.4. The fourth-order valence-corrected chi connectivity index (χ4v) is 2.48. The lowest BCUT2D eigenvalue weighted by molar-refractivity contribution is -0.120. The number of carbonyl (C=O) groups is 4. The van der Waals surface area contributed by atoms with E-state index in [1.54, 1.807) is 48.5 Å². The fraction of sp³-hybridized carbons (Fsp3) is 0.200. The molecule has 0 saturated carbocycles. The van der Waals surface area contributed by atoms with Crippen molar-refractivity contribution in [1.29, 1.82) is 0 Å². The largest absolute Gasteiger partial charge is 0.326 e. The lowest BCUT2D eigenvalue weighted by atomic mass is 10.1. The number of nitrogens with one attached hydrogen (secondary N) is 2. The van der Waals surface area contributed by atoms with Gasteiger partial charge in [-0.05, 0) is 49.4 Å². The van der Waals surface area contributed by atoms with Crippen molar-refractivity contribution < 1.29 is 19.2 Å². The molecule has 0 heterocycles. The van der Waals surface area contributed by atoms with Crippen LogP contribution in [-0.2, 0) is 14.4 Å². The van der Waals surface area contributed by atoms with Crippen LogP contribution in [0.3, 0.4) is 0 Å². The maximum Gasteiger partial charge on any atom is 0.244 e. The molecule has 0 aliphatic carbocycles. The van der Waals surface area contributed by atoms with Gasteiger partial charge in [0.25, 0.3) is 0 Å². The summed E-state index contributed by atoms with van der Waals surface area (Å²) in [7, 11) is 0. The van der Waals surface area contributed by atoms with Gasteiger partial charge >= 0.3 is 0 Å². The summed E-state index contributed by atoms with van der Waals surface area (Å²) in [5.74, 6) is -0.975. The van der Waals surface area contributed by atoms with Crippen LogP contribution in [0.4, 0.5) is 17.1 Å². The van der Waals surface area contributed by atoms with Gasteiger partial charge in [-0.15, -0.1) is 0 Å². The van der Waals surface area contributed by atoms with E-state index < -0.39 is 0 Å². The second-order valence-corrected chi connectivity index (χ2v) is 6.02. The lowest BCUT2D eigenvalue weighted by Gasteiger charge is -2.21. The molecular weight excluding hydrogens is 346 g/mol. The highest BCUT2D eigenvalue weighted by molar-refractivity contribution is 6.02. The molecule has 0 saturated heterocycles. The van der Waals surface area contributed by atoms with Crippen molar-refractivity contribution in [3.8, 4) is 0 Å². The van der Waals surface area contributed by atoms with Crippen LogP contribution in [0.25, 0.3) is 0 Å². The van der Waals surface area contributed by atoms with Gasteiger partial charge in [0.15, 0.2) is 5.78 Å². The lowest BCUT2D eigenvalue weighted by Crippen LogP contribution is -2.36. The molecule has 2 N–H and O–H groups in total. The molecule has 2 aromatic rings. The number of Topliss-reactive ketones (excluding diaryl/α,β-unsaturated/α-hetero) is 1. The van der Waals surface area contributed by atoms with Crippen molar-refractivity contribution in [2.24, 2.45) is 0 Å². The van der Waals surface area contributed by atoms with Gasteiger partial charge in [0.1, 0.15) is 6.54 Å². The predicted octanol–water partition coefficient (Wildman–Crippen LogP) is 2.84. The second kappa shape index (κ2) is 8.75. The molecule has 2 aromatic carbocycles. The van der Waals surface area contributed by atoms with E-state index in [9.17, 15) is 19.2 Å². The zero-order chi connectivity index (χ0) is 20.0. The van der Waals surface area contributed by atoms with Gasteiger partial charge in [0, 0.05) is 36.5 Å². The Morgan fingerprint density at radius 2 is 1.44 bits per heavy atom. The van der Waals surface area contributed by atoms with E-state index in [1.165, 1.54) is 25.7 Å². The molecule has 7 heteroatoms. The topological polar surface area (TPSA) is 95.6 Å². The Labute approximate surface area is 157 Å². The van der Waals surface area contributed by atoms with Crippen LogP contribution in [0.5, 0.6) is 0 Å². The quantitative estimate of drug-likeness (QED) is 0.768. The van der Waals surface area contributed by atoms with Gasteiger partial charge in [0.05, 0.1) is 0 Å². The molecule has 7 nitrogen and oxygen atoms in total. The first-order valence-corrected chi connectivity index (χ1v) is 8.33. The minimum absolute atomic E-state index is 0.0762. The number of hydrogen-bond donors (Lipinski definition) is 2. The van der Waals surface area contributed by atoms with Gasteiger partial charge in [-0.25, -0.2) is 0 Å². The van der Waals surface area contributed by atoms with E-state index in [0.29, 0.717) is 22.6 Å². The summed E-state index contributed by atoms with van der Waals surface area (Å²) in [6.45, 7) is 4.04. The van der Waals surface area contributed by atoms with Gasteiger partial charge in [-0.2, -0.15) is 0 Å². The molecule has 0 radical (unpaired) electrons. The van der Waals surface area contributed by atoms with E-state index in [1.807, 2.05) is 0 Å². The molecule has 0 atom stereocenters. The van der Waals surface area contributed by atoms with Crippen LogP contribution in [0.2, 0.25) is 0 Å². The molecule has 0 aromatic heterocycles. The summed E-state index contributed by atoms with van der Waals surface area (Å²) >= 11 is 0. The van der Waals surface area contributed by atoms with Crippen LogP contribution in [-0.4, -0.2) is 30.0 Å². The molecule has 0 fully saturated rings. The van der Waals surface area contributed by atoms with E-state index in [4.69, 9.17) is 0 Å². The summed E-state index contributed by atoms with van der Waals surface area (Å²) in [4.78, 5) is 48.1. The van der Waals surface area contributed by atoms with Gasteiger partial charge in [-0.3, -0.25) is 19.2 Å². The van der Waals surface area contributed by atoms with Gasteiger partial charge in [-0.1, -0.05) is 6.07 Å². The van der Waals surface area contributed by atoms with Crippen LogP contribution >= 0.6 is 0 Å². The van der Waals surface area contributed by atoms with Crippen molar-refractivity contribution in [2.75, 3.05) is 22.1 Å². The normalized spacial score (nSPS) is 10.0. The first-order valence-electron chi connectivity index (χ1n) is 8.33. The molecule has 3 amide bonds. The number of ketones is 1. The van der Waals surface area contributed by atoms with Crippen molar-refractivity contribution in [3.63, 3.8) is 0 Å². The van der Waals surface area contributed by atoms with Crippen molar-refractivity contribution >= 4 is 40.6 Å². The first-order chi connectivity index (χ1) is 12.8. The predicted molar refractivity (Wildman–Crippen MR) is 104 cm³/mol. The number of hydrogen-bond acceptors (Lipinski definition) is 4. The minimum Gasteiger partial charge on any atom is -0.326 e. The number of amides is 3. The SMILES string of the molecule is CC(=O)Nc1cccc(NC(=O)CN(C(C)=O)c2ccc(C(C)=O)cc2)c1. The third-order valence-electron chi connectivity index (χ3n) is 3.73. The Morgan fingerprint density at radius 1 is 0.852 bits per heavy atom. The molecule has 0 aliphatic rings. The fourth-order valence-electron chi connectivity index (χ4n) is 2.48. The monoisotopic (exact) mass is 367 g/mol. The second-order valence-electron chi connectivity index (χ2n) is 6.02. The van der Waals surface area contributed by atoms with Gasteiger partial charge < -0.3 is 15.5 Å². The number of carbonyl (C=O) groups excluding carboxylic acids is 4. The summed E-state index contributed by atoms with van der Waals surface area (Å²) in [5.41, 5.74) is 2.11. The summed E-state index contributed by atoms with van der Waals surface area (Å²) in [6.07, 6.45) is 0. The van der Waals surface area contributed by atoms with Crippen LogP contribution < -0.4 is 15.5 Å².